The Balaban J connectivity index is 1.64. The number of benzene rings is 1. The second-order valence-corrected chi connectivity index (χ2v) is 5.02. The van der Waals surface area contributed by atoms with Gasteiger partial charge in [0.05, 0.1) is 30.1 Å². The summed E-state index contributed by atoms with van der Waals surface area (Å²) in [5.41, 5.74) is 2.57. The van der Waals surface area contributed by atoms with Gasteiger partial charge < -0.3 is 14.5 Å². The van der Waals surface area contributed by atoms with E-state index in [0.29, 0.717) is 24.3 Å². The lowest BCUT2D eigenvalue weighted by Gasteiger charge is -2.04. The molecule has 8 nitrogen and oxygen atoms in total. The number of oxazole rings is 1. The van der Waals surface area contributed by atoms with E-state index in [0.717, 1.165) is 11.4 Å². The minimum absolute atomic E-state index is 0.102. The number of carbonyl (C=O) groups is 1. The van der Waals surface area contributed by atoms with Crippen LogP contribution in [-0.4, -0.2) is 27.8 Å². The van der Waals surface area contributed by atoms with Crippen LogP contribution in [0.2, 0.25) is 0 Å². The van der Waals surface area contributed by atoms with E-state index >= 15 is 0 Å². The predicted molar refractivity (Wildman–Crippen MR) is 81.6 cm³/mol. The zero-order valence-corrected chi connectivity index (χ0v) is 12.5. The Labute approximate surface area is 131 Å². The van der Waals surface area contributed by atoms with Crippen LogP contribution in [0.5, 0.6) is 0 Å². The molecule has 0 saturated carbocycles. The number of nitrogens with one attached hydrogen (secondary N) is 2. The van der Waals surface area contributed by atoms with Crippen molar-refractivity contribution in [3.8, 4) is 0 Å². The number of ether oxygens (including phenoxy) is 1. The number of para-hydroxylation sites is 2. The number of hydrogen-bond acceptors (Lipinski definition) is 5. The minimum Gasteiger partial charge on any atom is -0.408 e. The molecule has 0 spiro atoms. The van der Waals surface area contributed by atoms with E-state index in [1.165, 1.54) is 4.57 Å². The molecule has 0 fully saturated rings. The summed E-state index contributed by atoms with van der Waals surface area (Å²) in [5.74, 6) is -0.841. The van der Waals surface area contributed by atoms with Crippen LogP contribution in [0, 0.1) is 0 Å². The zero-order valence-electron chi connectivity index (χ0n) is 12.5. The van der Waals surface area contributed by atoms with Crippen molar-refractivity contribution in [1.29, 1.82) is 0 Å². The van der Waals surface area contributed by atoms with Gasteiger partial charge in [-0.1, -0.05) is 12.1 Å². The Kier molecular flexibility index (Phi) is 4.24. The predicted octanol–water partition coefficient (Wildman–Crippen LogP) is 0.780. The van der Waals surface area contributed by atoms with E-state index in [-0.39, 0.29) is 12.5 Å². The second-order valence-electron chi connectivity index (χ2n) is 5.02. The van der Waals surface area contributed by atoms with Gasteiger partial charge in [-0.15, -0.1) is 0 Å². The molecule has 0 atom stereocenters. The van der Waals surface area contributed by atoms with Crippen LogP contribution in [0.3, 0.4) is 0 Å². The van der Waals surface area contributed by atoms with Gasteiger partial charge in [0.15, 0.2) is 5.58 Å². The minimum atomic E-state index is -0.551. The molecule has 0 aliphatic heterocycles. The van der Waals surface area contributed by atoms with Crippen molar-refractivity contribution < 1.29 is 13.9 Å². The highest BCUT2D eigenvalue weighted by molar-refractivity contribution is 5.79. The molecule has 23 heavy (non-hydrogen) atoms. The summed E-state index contributed by atoms with van der Waals surface area (Å²) < 4.78 is 11.4. The van der Waals surface area contributed by atoms with E-state index in [1.54, 1.807) is 31.4 Å². The summed E-state index contributed by atoms with van der Waals surface area (Å²) >= 11 is 0. The first-order chi connectivity index (χ1) is 11.2. The summed E-state index contributed by atoms with van der Waals surface area (Å²) in [6.45, 7) is 0.593. The fourth-order valence-corrected chi connectivity index (χ4v) is 2.28. The summed E-state index contributed by atoms with van der Waals surface area (Å²) in [4.78, 5) is 23.9. The average molecular weight is 316 g/mol. The lowest BCUT2D eigenvalue weighted by atomic mass is 10.3. The Morgan fingerprint density at radius 3 is 3.09 bits per heavy atom. The quantitative estimate of drug-likeness (QED) is 0.699. The largest absolute Gasteiger partial charge is 0.420 e. The maximum absolute atomic E-state index is 12.0. The summed E-state index contributed by atoms with van der Waals surface area (Å²) in [6.07, 6.45) is 0. The van der Waals surface area contributed by atoms with Gasteiger partial charge in [-0.2, -0.15) is 5.10 Å². The molecule has 0 aliphatic carbocycles. The monoisotopic (exact) mass is 316 g/mol. The fraction of sp³-hybridized carbons (Fsp3) is 0.267. The van der Waals surface area contributed by atoms with Crippen molar-refractivity contribution in [3.63, 3.8) is 0 Å². The first-order valence-corrected chi connectivity index (χ1v) is 7.04. The van der Waals surface area contributed by atoms with Crippen LogP contribution in [0.4, 0.5) is 0 Å². The van der Waals surface area contributed by atoms with Crippen LogP contribution in [0.1, 0.15) is 11.4 Å². The van der Waals surface area contributed by atoms with Gasteiger partial charge in [0.2, 0.25) is 5.91 Å². The van der Waals surface area contributed by atoms with Crippen molar-refractivity contribution in [2.45, 2.75) is 19.7 Å². The van der Waals surface area contributed by atoms with Crippen molar-refractivity contribution in [3.05, 3.63) is 52.3 Å². The van der Waals surface area contributed by atoms with Crippen molar-refractivity contribution in [2.24, 2.45) is 0 Å². The number of fused-ring (bicyclic) bond motifs is 1. The number of rotatable bonds is 6. The average Bonchev–Trinajstić information content (AvgIpc) is 3.11. The highest BCUT2D eigenvalue weighted by Gasteiger charge is 2.12. The van der Waals surface area contributed by atoms with Gasteiger partial charge in [-0.05, 0) is 18.2 Å². The number of hydrogen-bond donors (Lipinski definition) is 2. The summed E-state index contributed by atoms with van der Waals surface area (Å²) in [6, 6.07) is 8.79. The van der Waals surface area contributed by atoms with Crippen molar-refractivity contribution in [2.75, 3.05) is 7.11 Å². The third kappa shape index (κ3) is 3.32. The van der Waals surface area contributed by atoms with Crippen LogP contribution < -0.4 is 11.1 Å². The van der Waals surface area contributed by atoms with E-state index in [4.69, 9.17) is 9.15 Å². The van der Waals surface area contributed by atoms with Crippen LogP contribution in [0.25, 0.3) is 11.1 Å². The van der Waals surface area contributed by atoms with E-state index < -0.39 is 5.76 Å². The molecule has 3 rings (SSSR count). The molecule has 2 heterocycles. The molecule has 0 aliphatic rings. The SMILES string of the molecule is COCc1cc(CNC(=O)Cn2c(=O)oc3ccccc32)[nH]n1. The van der Waals surface area contributed by atoms with Crippen molar-refractivity contribution >= 4 is 17.0 Å². The molecule has 120 valence electrons. The molecule has 2 N–H and O–H groups in total. The van der Waals surface area contributed by atoms with Gasteiger partial charge in [0, 0.05) is 7.11 Å². The molecule has 1 amide bonds. The lowest BCUT2D eigenvalue weighted by molar-refractivity contribution is -0.121. The Morgan fingerprint density at radius 2 is 2.26 bits per heavy atom. The van der Waals surface area contributed by atoms with Gasteiger partial charge in [0.25, 0.3) is 0 Å². The van der Waals surface area contributed by atoms with Gasteiger partial charge >= 0.3 is 5.76 Å². The third-order valence-corrected chi connectivity index (χ3v) is 3.33. The van der Waals surface area contributed by atoms with Gasteiger partial charge in [0.1, 0.15) is 6.54 Å². The van der Waals surface area contributed by atoms with Crippen LogP contribution in [0.15, 0.2) is 39.5 Å². The number of aromatic amines is 1. The lowest BCUT2D eigenvalue weighted by Crippen LogP contribution is -2.30. The second kappa shape index (κ2) is 6.49. The first kappa shape index (κ1) is 15.0. The van der Waals surface area contributed by atoms with Gasteiger partial charge in [-0.3, -0.25) is 14.5 Å². The Bertz CT molecular complexity index is 877. The molecule has 3 aromatic rings. The number of methoxy groups -OCH3 is 1. The number of amides is 1. The maximum Gasteiger partial charge on any atom is 0.420 e. The van der Waals surface area contributed by atoms with E-state index in [1.807, 2.05) is 6.07 Å². The fourth-order valence-electron chi connectivity index (χ4n) is 2.28. The first-order valence-electron chi connectivity index (χ1n) is 7.04. The Morgan fingerprint density at radius 1 is 1.43 bits per heavy atom. The molecule has 8 heteroatoms. The molecule has 0 radical (unpaired) electrons. The van der Waals surface area contributed by atoms with Crippen molar-refractivity contribution in [1.82, 2.24) is 20.1 Å². The van der Waals surface area contributed by atoms with Crippen LogP contribution >= 0.6 is 0 Å². The van der Waals surface area contributed by atoms with Crippen LogP contribution in [-0.2, 0) is 29.2 Å². The molecular weight excluding hydrogens is 300 g/mol. The molecule has 2 aromatic heterocycles. The summed E-state index contributed by atoms with van der Waals surface area (Å²) in [7, 11) is 1.59. The molecular formula is C15H16N4O4. The molecule has 0 saturated heterocycles. The number of nitrogens with zero attached hydrogens (tertiary/aromatic N) is 2. The number of H-pyrrole nitrogens is 1. The smallest absolute Gasteiger partial charge is 0.408 e. The Hall–Kier alpha value is -2.87. The topological polar surface area (TPSA) is 102 Å². The third-order valence-electron chi connectivity index (χ3n) is 3.33. The maximum atomic E-state index is 12.0. The number of aromatic nitrogens is 3. The highest BCUT2D eigenvalue weighted by Crippen LogP contribution is 2.11. The number of carbonyl (C=O) groups excluding carboxylic acids is 1. The normalized spacial score (nSPS) is 11.0. The molecule has 0 bridgehead atoms. The molecule has 0 unspecified atom stereocenters. The highest BCUT2D eigenvalue weighted by atomic mass is 16.5. The van der Waals surface area contributed by atoms with E-state index in [9.17, 15) is 9.59 Å². The zero-order chi connectivity index (χ0) is 16.2. The summed E-state index contributed by atoms with van der Waals surface area (Å²) in [5, 5.41) is 9.59. The standard InChI is InChI=1S/C15H16N4O4/c1-22-9-11-6-10(17-18-11)7-16-14(20)8-19-12-4-2-3-5-13(12)23-15(19)21/h2-6H,7-9H2,1H3,(H,16,20)(H,17,18). The molecule has 1 aromatic carbocycles. The van der Waals surface area contributed by atoms with Gasteiger partial charge in [-0.25, -0.2) is 4.79 Å². The van der Waals surface area contributed by atoms with E-state index in [2.05, 4.69) is 15.5 Å².